The van der Waals surface area contributed by atoms with Gasteiger partial charge in [0, 0.05) is 17.3 Å². The minimum Gasteiger partial charge on any atom is -0.507 e. The Kier molecular flexibility index (Phi) is 4.29. The molecule has 0 spiro atoms. The van der Waals surface area contributed by atoms with Gasteiger partial charge in [-0.1, -0.05) is 12.1 Å². The largest absolute Gasteiger partial charge is 0.507 e. The first-order valence-corrected chi connectivity index (χ1v) is 6.98. The SMILES string of the molecule is O=S(O)Cc1ccc(O)c(-c2ccc(C(F)(F)F)nc2)c1. The van der Waals surface area contributed by atoms with E-state index >= 15 is 0 Å². The normalized spacial score (nSPS) is 13.1. The molecule has 1 heterocycles. The zero-order valence-electron chi connectivity index (χ0n) is 10.5. The molecule has 0 aliphatic carbocycles. The van der Waals surface area contributed by atoms with E-state index in [0.29, 0.717) is 5.56 Å². The summed E-state index contributed by atoms with van der Waals surface area (Å²) in [5.74, 6) is -0.287. The van der Waals surface area contributed by atoms with Crippen LogP contribution in [0.4, 0.5) is 13.2 Å². The molecule has 1 atom stereocenters. The Morgan fingerprint density at radius 1 is 1.19 bits per heavy atom. The molecule has 0 aliphatic heterocycles. The highest BCUT2D eigenvalue weighted by molar-refractivity contribution is 7.78. The Bertz CT molecular complexity index is 671. The number of halogens is 3. The third-order valence-electron chi connectivity index (χ3n) is 2.72. The number of nitrogens with zero attached hydrogens (tertiary/aromatic N) is 1. The first kappa shape index (κ1) is 15.5. The van der Waals surface area contributed by atoms with Crippen molar-refractivity contribution in [2.24, 2.45) is 0 Å². The second kappa shape index (κ2) is 5.82. The van der Waals surface area contributed by atoms with Gasteiger partial charge in [-0.05, 0) is 23.8 Å². The number of benzene rings is 1. The molecule has 1 aromatic carbocycles. The van der Waals surface area contributed by atoms with Gasteiger partial charge in [-0.2, -0.15) is 13.2 Å². The number of alkyl halides is 3. The lowest BCUT2D eigenvalue weighted by molar-refractivity contribution is -0.141. The van der Waals surface area contributed by atoms with Gasteiger partial charge in [0.05, 0.1) is 5.75 Å². The highest BCUT2D eigenvalue weighted by atomic mass is 32.2. The second-order valence-electron chi connectivity index (χ2n) is 4.25. The Morgan fingerprint density at radius 2 is 1.90 bits per heavy atom. The number of pyridine rings is 1. The molecule has 8 heteroatoms. The first-order chi connectivity index (χ1) is 9.77. The zero-order chi connectivity index (χ0) is 15.6. The maximum Gasteiger partial charge on any atom is 0.433 e. The van der Waals surface area contributed by atoms with Crippen LogP contribution in [0.2, 0.25) is 0 Å². The molecule has 112 valence electrons. The monoisotopic (exact) mass is 317 g/mol. The smallest absolute Gasteiger partial charge is 0.433 e. The van der Waals surface area contributed by atoms with Crippen molar-refractivity contribution in [1.29, 1.82) is 0 Å². The fraction of sp³-hybridized carbons (Fsp3) is 0.154. The van der Waals surface area contributed by atoms with Gasteiger partial charge in [0.2, 0.25) is 0 Å². The van der Waals surface area contributed by atoms with E-state index in [9.17, 15) is 22.5 Å². The number of phenols is 1. The van der Waals surface area contributed by atoms with Crippen LogP contribution in [0.3, 0.4) is 0 Å². The Labute approximate surface area is 120 Å². The number of aromatic hydroxyl groups is 1. The Balaban J connectivity index is 2.39. The van der Waals surface area contributed by atoms with Gasteiger partial charge in [-0.15, -0.1) is 0 Å². The van der Waals surface area contributed by atoms with E-state index in [1.165, 1.54) is 24.3 Å². The average Bonchev–Trinajstić information content (AvgIpc) is 2.39. The lowest BCUT2D eigenvalue weighted by Crippen LogP contribution is -2.07. The second-order valence-corrected chi connectivity index (χ2v) is 5.18. The summed E-state index contributed by atoms with van der Waals surface area (Å²) in [5.41, 5.74) is -0.0212. The molecule has 1 aromatic heterocycles. The van der Waals surface area contributed by atoms with Crippen molar-refractivity contribution in [3.8, 4) is 16.9 Å². The topological polar surface area (TPSA) is 70.4 Å². The molecule has 2 aromatic rings. The van der Waals surface area contributed by atoms with Crippen LogP contribution in [-0.2, 0) is 23.0 Å². The molecule has 2 rings (SSSR count). The van der Waals surface area contributed by atoms with Gasteiger partial charge in [0.1, 0.15) is 11.4 Å². The zero-order valence-corrected chi connectivity index (χ0v) is 11.3. The third kappa shape index (κ3) is 3.79. The van der Waals surface area contributed by atoms with Crippen LogP contribution in [0.1, 0.15) is 11.3 Å². The molecule has 0 bridgehead atoms. The van der Waals surface area contributed by atoms with Gasteiger partial charge in [-0.25, -0.2) is 4.21 Å². The van der Waals surface area contributed by atoms with Crippen molar-refractivity contribution >= 4 is 11.1 Å². The quantitative estimate of drug-likeness (QED) is 0.853. The summed E-state index contributed by atoms with van der Waals surface area (Å²) >= 11 is -2.05. The molecule has 21 heavy (non-hydrogen) atoms. The molecule has 0 fully saturated rings. The summed E-state index contributed by atoms with van der Waals surface area (Å²) in [6.07, 6.45) is -3.53. The van der Waals surface area contributed by atoms with Crippen LogP contribution in [0.15, 0.2) is 36.5 Å². The van der Waals surface area contributed by atoms with E-state index in [1.54, 1.807) is 0 Å². The maximum absolute atomic E-state index is 12.4. The minimum absolute atomic E-state index is 0.138. The predicted molar refractivity (Wildman–Crippen MR) is 70.8 cm³/mol. The summed E-state index contributed by atoms with van der Waals surface area (Å²) in [6.45, 7) is 0. The molecule has 1 unspecified atom stereocenters. The van der Waals surface area contributed by atoms with Gasteiger partial charge >= 0.3 is 6.18 Å². The van der Waals surface area contributed by atoms with Crippen LogP contribution in [0, 0.1) is 0 Å². The summed E-state index contributed by atoms with van der Waals surface area (Å²) in [4.78, 5) is 3.31. The minimum atomic E-state index is -4.53. The lowest BCUT2D eigenvalue weighted by Gasteiger charge is -2.09. The standard InChI is InChI=1S/C13H10F3NO3S/c14-13(15,16)12-4-2-9(6-17-12)10-5-8(7-21(19)20)1-3-11(10)18/h1-6,18H,7H2,(H,19,20). The number of rotatable bonds is 3. The molecule has 0 aliphatic rings. The molecule has 0 radical (unpaired) electrons. The molecule has 0 saturated carbocycles. The summed E-state index contributed by atoms with van der Waals surface area (Å²) in [6, 6.07) is 6.21. The van der Waals surface area contributed by atoms with Crippen molar-refractivity contribution in [2.45, 2.75) is 11.9 Å². The van der Waals surface area contributed by atoms with Crippen LogP contribution >= 0.6 is 0 Å². The molecular weight excluding hydrogens is 307 g/mol. The Hall–Kier alpha value is -1.93. The van der Waals surface area contributed by atoms with E-state index in [-0.39, 0.29) is 22.6 Å². The Morgan fingerprint density at radius 3 is 2.43 bits per heavy atom. The number of phenolic OH excluding ortho intramolecular Hbond substituents is 1. The van der Waals surface area contributed by atoms with E-state index in [0.717, 1.165) is 12.3 Å². The first-order valence-electron chi connectivity index (χ1n) is 5.70. The lowest BCUT2D eigenvalue weighted by atomic mass is 10.0. The van der Waals surface area contributed by atoms with Crippen molar-refractivity contribution < 1.29 is 27.0 Å². The summed E-state index contributed by atoms with van der Waals surface area (Å²) in [7, 11) is 0. The number of aromatic nitrogens is 1. The highest BCUT2D eigenvalue weighted by Gasteiger charge is 2.32. The van der Waals surface area contributed by atoms with Crippen molar-refractivity contribution in [1.82, 2.24) is 4.98 Å². The highest BCUT2D eigenvalue weighted by Crippen LogP contribution is 2.32. The molecule has 4 nitrogen and oxygen atoms in total. The van der Waals surface area contributed by atoms with Crippen LogP contribution in [-0.4, -0.2) is 18.9 Å². The van der Waals surface area contributed by atoms with Crippen molar-refractivity contribution in [3.05, 3.63) is 47.8 Å². The fourth-order valence-electron chi connectivity index (χ4n) is 1.77. The maximum atomic E-state index is 12.4. The van der Waals surface area contributed by atoms with E-state index in [1.807, 2.05) is 0 Å². The number of hydrogen-bond donors (Lipinski definition) is 2. The molecule has 0 amide bonds. The van der Waals surface area contributed by atoms with E-state index in [2.05, 4.69) is 4.98 Å². The predicted octanol–water partition coefficient (Wildman–Crippen LogP) is 3.19. The van der Waals surface area contributed by atoms with Crippen LogP contribution < -0.4 is 0 Å². The molecule has 2 N–H and O–H groups in total. The van der Waals surface area contributed by atoms with Crippen LogP contribution in [0.5, 0.6) is 5.75 Å². The van der Waals surface area contributed by atoms with E-state index in [4.69, 9.17) is 4.55 Å². The van der Waals surface area contributed by atoms with E-state index < -0.39 is 23.0 Å². The summed E-state index contributed by atoms with van der Waals surface area (Å²) in [5, 5.41) is 9.76. The van der Waals surface area contributed by atoms with Gasteiger partial charge in [0.25, 0.3) is 0 Å². The van der Waals surface area contributed by atoms with Gasteiger partial charge < -0.3 is 9.66 Å². The average molecular weight is 317 g/mol. The van der Waals surface area contributed by atoms with Gasteiger partial charge in [0.15, 0.2) is 11.1 Å². The molecular formula is C13H10F3NO3S. The van der Waals surface area contributed by atoms with Crippen molar-refractivity contribution in [2.75, 3.05) is 0 Å². The number of hydrogen-bond acceptors (Lipinski definition) is 3. The molecule has 0 saturated heterocycles. The van der Waals surface area contributed by atoms with Crippen molar-refractivity contribution in [3.63, 3.8) is 0 Å². The third-order valence-corrected chi connectivity index (χ3v) is 3.30. The van der Waals surface area contributed by atoms with Gasteiger partial charge in [-0.3, -0.25) is 4.98 Å². The fourth-order valence-corrected chi connectivity index (χ4v) is 2.23. The summed E-state index contributed by atoms with van der Waals surface area (Å²) < 4.78 is 56.9. The van der Waals surface area contributed by atoms with Crippen LogP contribution in [0.25, 0.3) is 11.1 Å².